The van der Waals surface area contributed by atoms with Gasteiger partial charge in [-0.05, 0) is 61.0 Å². The molecule has 2 aromatic heterocycles. The first-order valence-corrected chi connectivity index (χ1v) is 9.86. The SMILES string of the molecule is Cc1nn(Cc2ccccc2Cl)c(C)c1C(=O)Nc1ccc(F)c(-n2nnnc2C)c1. The van der Waals surface area contributed by atoms with E-state index in [1.807, 2.05) is 31.2 Å². The molecule has 0 spiro atoms. The van der Waals surface area contributed by atoms with Gasteiger partial charge < -0.3 is 5.32 Å². The number of halogens is 2. The van der Waals surface area contributed by atoms with E-state index in [2.05, 4.69) is 25.9 Å². The van der Waals surface area contributed by atoms with Gasteiger partial charge in [0.05, 0.1) is 17.8 Å². The number of benzene rings is 2. The van der Waals surface area contributed by atoms with E-state index >= 15 is 0 Å². The first-order valence-electron chi connectivity index (χ1n) is 9.49. The first kappa shape index (κ1) is 20.7. The summed E-state index contributed by atoms with van der Waals surface area (Å²) in [5.74, 6) is -0.422. The van der Waals surface area contributed by atoms with Crippen LogP contribution in [0.15, 0.2) is 42.5 Å². The first-order chi connectivity index (χ1) is 14.8. The second-order valence-electron chi connectivity index (χ2n) is 7.05. The molecular weight excluding hydrogens is 421 g/mol. The number of nitrogens with zero attached hydrogens (tertiary/aromatic N) is 6. The van der Waals surface area contributed by atoms with E-state index in [1.54, 1.807) is 18.5 Å². The maximum absolute atomic E-state index is 14.3. The van der Waals surface area contributed by atoms with Crippen molar-refractivity contribution in [3.8, 4) is 5.69 Å². The van der Waals surface area contributed by atoms with Crippen LogP contribution >= 0.6 is 11.6 Å². The minimum atomic E-state index is -0.506. The number of amides is 1. The van der Waals surface area contributed by atoms with Crippen LogP contribution in [0, 0.1) is 26.6 Å². The molecule has 0 saturated carbocycles. The molecule has 1 N–H and O–H groups in total. The number of anilines is 1. The van der Waals surface area contributed by atoms with Gasteiger partial charge in [-0.15, -0.1) is 5.10 Å². The maximum atomic E-state index is 14.3. The van der Waals surface area contributed by atoms with Crippen molar-refractivity contribution in [2.45, 2.75) is 27.3 Å². The van der Waals surface area contributed by atoms with E-state index in [0.717, 1.165) is 5.56 Å². The average molecular weight is 440 g/mol. The fourth-order valence-corrected chi connectivity index (χ4v) is 3.56. The molecule has 4 rings (SSSR count). The molecule has 1 amide bonds. The molecule has 4 aromatic rings. The Morgan fingerprint density at radius 2 is 1.94 bits per heavy atom. The Kier molecular flexibility index (Phi) is 5.51. The standard InChI is InChI=1S/C21H19ClFN7O/c1-12-20(13(2)29(26-12)11-15-6-4-5-7-17(15)22)21(31)24-16-8-9-18(23)19(10-16)30-14(3)25-27-28-30/h4-10H,11H2,1-3H3,(H,24,31). The molecule has 0 radical (unpaired) electrons. The van der Waals surface area contributed by atoms with E-state index in [0.29, 0.717) is 40.0 Å². The van der Waals surface area contributed by atoms with Gasteiger partial charge in [-0.25, -0.2) is 4.39 Å². The monoisotopic (exact) mass is 439 g/mol. The van der Waals surface area contributed by atoms with Crippen molar-refractivity contribution in [3.05, 3.63) is 81.6 Å². The van der Waals surface area contributed by atoms with Gasteiger partial charge in [-0.3, -0.25) is 9.48 Å². The predicted octanol–water partition coefficient (Wildman–Crippen LogP) is 3.88. The second kappa shape index (κ2) is 8.27. The molecular formula is C21H19ClFN7O. The fraction of sp³-hybridized carbons (Fsp3) is 0.190. The van der Waals surface area contributed by atoms with Gasteiger partial charge in [0.2, 0.25) is 0 Å². The van der Waals surface area contributed by atoms with Crippen molar-refractivity contribution in [2.75, 3.05) is 5.32 Å². The van der Waals surface area contributed by atoms with Crippen LogP contribution in [0.4, 0.5) is 10.1 Å². The van der Waals surface area contributed by atoms with Crippen LogP contribution in [0.5, 0.6) is 0 Å². The topological polar surface area (TPSA) is 90.5 Å². The normalized spacial score (nSPS) is 11.0. The Labute approximate surface area is 182 Å². The number of nitrogens with one attached hydrogen (secondary N) is 1. The number of rotatable bonds is 5. The summed E-state index contributed by atoms with van der Waals surface area (Å²) < 4.78 is 17.3. The number of carbonyl (C=O) groups excluding carboxylic acids is 1. The zero-order chi connectivity index (χ0) is 22.1. The van der Waals surface area contributed by atoms with E-state index in [-0.39, 0.29) is 11.6 Å². The van der Waals surface area contributed by atoms with Gasteiger partial charge in [0.25, 0.3) is 5.91 Å². The van der Waals surface area contributed by atoms with Crippen LogP contribution in [0.1, 0.15) is 33.1 Å². The van der Waals surface area contributed by atoms with Gasteiger partial charge >= 0.3 is 0 Å². The molecule has 0 bridgehead atoms. The zero-order valence-corrected chi connectivity index (χ0v) is 17.9. The summed E-state index contributed by atoms with van der Waals surface area (Å²) in [5.41, 5.74) is 3.20. The number of aryl methyl sites for hydroxylation is 2. The number of hydrogen-bond acceptors (Lipinski definition) is 5. The van der Waals surface area contributed by atoms with Crippen molar-refractivity contribution in [3.63, 3.8) is 0 Å². The van der Waals surface area contributed by atoms with Crippen molar-refractivity contribution in [2.24, 2.45) is 0 Å². The fourth-order valence-electron chi connectivity index (χ4n) is 3.37. The summed E-state index contributed by atoms with van der Waals surface area (Å²) in [6, 6.07) is 11.7. The average Bonchev–Trinajstić information content (AvgIpc) is 3.27. The lowest BCUT2D eigenvalue weighted by molar-refractivity contribution is 0.102. The molecule has 31 heavy (non-hydrogen) atoms. The third-order valence-electron chi connectivity index (χ3n) is 4.94. The van der Waals surface area contributed by atoms with Gasteiger partial charge in [-0.2, -0.15) is 9.78 Å². The number of tetrazole rings is 1. The molecule has 0 saturated heterocycles. The van der Waals surface area contributed by atoms with Crippen LogP contribution in [0.2, 0.25) is 5.02 Å². The Hall–Kier alpha value is -3.59. The summed E-state index contributed by atoms with van der Waals surface area (Å²) in [7, 11) is 0. The van der Waals surface area contributed by atoms with Crippen LogP contribution in [0.3, 0.4) is 0 Å². The summed E-state index contributed by atoms with van der Waals surface area (Å²) in [5, 5.41) is 19.0. The number of aromatic nitrogens is 6. The van der Waals surface area contributed by atoms with Crippen molar-refractivity contribution in [1.82, 2.24) is 30.0 Å². The highest BCUT2D eigenvalue weighted by Gasteiger charge is 2.20. The largest absolute Gasteiger partial charge is 0.322 e. The molecule has 8 nitrogen and oxygen atoms in total. The predicted molar refractivity (Wildman–Crippen MR) is 114 cm³/mol. The molecule has 0 aliphatic rings. The molecule has 0 atom stereocenters. The summed E-state index contributed by atoms with van der Waals surface area (Å²) in [6.45, 7) is 5.70. The Morgan fingerprint density at radius 1 is 1.16 bits per heavy atom. The molecule has 158 valence electrons. The molecule has 0 fully saturated rings. The third-order valence-corrected chi connectivity index (χ3v) is 5.31. The van der Waals surface area contributed by atoms with Gasteiger partial charge in [-0.1, -0.05) is 29.8 Å². The second-order valence-corrected chi connectivity index (χ2v) is 7.46. The van der Waals surface area contributed by atoms with Gasteiger partial charge in [0.1, 0.15) is 11.5 Å². The zero-order valence-electron chi connectivity index (χ0n) is 17.1. The molecule has 0 aliphatic heterocycles. The van der Waals surface area contributed by atoms with Crippen LogP contribution < -0.4 is 5.32 Å². The third kappa shape index (κ3) is 4.04. The smallest absolute Gasteiger partial charge is 0.259 e. The molecule has 2 heterocycles. The lowest BCUT2D eigenvalue weighted by Crippen LogP contribution is -2.15. The van der Waals surface area contributed by atoms with Crippen LogP contribution in [0.25, 0.3) is 5.69 Å². The van der Waals surface area contributed by atoms with Crippen molar-refractivity contribution in [1.29, 1.82) is 0 Å². The Bertz CT molecular complexity index is 1280. The Morgan fingerprint density at radius 3 is 2.65 bits per heavy atom. The summed E-state index contributed by atoms with van der Waals surface area (Å²) in [4.78, 5) is 13.0. The summed E-state index contributed by atoms with van der Waals surface area (Å²) >= 11 is 6.26. The maximum Gasteiger partial charge on any atom is 0.259 e. The minimum absolute atomic E-state index is 0.142. The van der Waals surface area contributed by atoms with Gasteiger partial charge in [0, 0.05) is 16.4 Å². The van der Waals surface area contributed by atoms with Crippen LogP contribution in [-0.2, 0) is 6.54 Å². The summed E-state index contributed by atoms with van der Waals surface area (Å²) in [6.07, 6.45) is 0. The minimum Gasteiger partial charge on any atom is -0.322 e. The van der Waals surface area contributed by atoms with E-state index in [9.17, 15) is 9.18 Å². The van der Waals surface area contributed by atoms with E-state index in [4.69, 9.17) is 11.6 Å². The van der Waals surface area contributed by atoms with Crippen molar-refractivity contribution >= 4 is 23.2 Å². The lowest BCUT2D eigenvalue weighted by atomic mass is 10.1. The molecule has 0 unspecified atom stereocenters. The number of hydrogen-bond donors (Lipinski definition) is 1. The highest BCUT2D eigenvalue weighted by molar-refractivity contribution is 6.31. The Balaban J connectivity index is 1.61. The highest BCUT2D eigenvalue weighted by Crippen LogP contribution is 2.22. The molecule has 10 heteroatoms. The molecule has 0 aliphatic carbocycles. The highest BCUT2D eigenvalue weighted by atomic mass is 35.5. The van der Waals surface area contributed by atoms with Crippen LogP contribution in [-0.4, -0.2) is 35.9 Å². The van der Waals surface area contributed by atoms with Gasteiger partial charge in [0.15, 0.2) is 5.82 Å². The van der Waals surface area contributed by atoms with E-state index < -0.39 is 5.82 Å². The lowest BCUT2D eigenvalue weighted by Gasteiger charge is -2.10. The van der Waals surface area contributed by atoms with Crippen molar-refractivity contribution < 1.29 is 9.18 Å². The van der Waals surface area contributed by atoms with E-state index in [1.165, 1.54) is 22.9 Å². The molecule has 2 aromatic carbocycles. The number of carbonyl (C=O) groups is 1. The quantitative estimate of drug-likeness (QED) is 0.509.